The summed E-state index contributed by atoms with van der Waals surface area (Å²) in [5.74, 6) is 5.18. The van der Waals surface area contributed by atoms with E-state index in [4.69, 9.17) is 23.7 Å². The van der Waals surface area contributed by atoms with Crippen LogP contribution >= 0.6 is 0 Å². The van der Waals surface area contributed by atoms with Crippen molar-refractivity contribution in [3.63, 3.8) is 0 Å². The topological polar surface area (TPSA) is 72.5 Å². The second-order valence-electron chi connectivity index (χ2n) is 12.6. The first-order chi connectivity index (χ1) is 21.3. The van der Waals surface area contributed by atoms with E-state index in [1.165, 1.54) is 11.1 Å². The molecule has 8 nitrogen and oxygen atoms in total. The average Bonchev–Trinajstić information content (AvgIpc) is 3.02. The molecule has 4 aromatic rings. The van der Waals surface area contributed by atoms with Gasteiger partial charge >= 0.3 is 0 Å². The first kappa shape index (κ1) is 27.3. The van der Waals surface area contributed by atoms with Crippen molar-refractivity contribution in [3.8, 4) is 46.0 Å². The quantitative estimate of drug-likeness (QED) is 0.158. The lowest BCUT2D eigenvalue weighted by Gasteiger charge is -2.50. The fourth-order valence-corrected chi connectivity index (χ4v) is 7.34. The summed E-state index contributed by atoms with van der Waals surface area (Å²) in [4.78, 5) is 2.40. The molecule has 7 bridgehead atoms. The third kappa shape index (κ3) is 4.39. The van der Waals surface area contributed by atoms with Crippen LogP contribution in [0, 0.1) is 5.21 Å². The Morgan fingerprint density at radius 3 is 2.32 bits per heavy atom. The number of benzene rings is 4. The van der Waals surface area contributed by atoms with Crippen molar-refractivity contribution in [2.45, 2.75) is 37.8 Å². The average molecular weight is 593 g/mol. The van der Waals surface area contributed by atoms with E-state index in [2.05, 4.69) is 36.2 Å². The second kappa shape index (κ2) is 10.2. The highest BCUT2D eigenvalue weighted by molar-refractivity contribution is 5.67. The Kier molecular flexibility index (Phi) is 6.31. The number of nitrogens with zero attached hydrogens (tertiary/aromatic N) is 2. The lowest BCUT2D eigenvalue weighted by atomic mass is 9.86. The molecule has 0 saturated heterocycles. The predicted molar refractivity (Wildman–Crippen MR) is 166 cm³/mol. The molecule has 0 amide bonds. The molecule has 0 aromatic heterocycles. The van der Waals surface area contributed by atoms with Gasteiger partial charge in [-0.1, -0.05) is 18.2 Å². The molecule has 5 heterocycles. The van der Waals surface area contributed by atoms with Gasteiger partial charge in [0.25, 0.3) is 0 Å². The van der Waals surface area contributed by atoms with Gasteiger partial charge in [0.2, 0.25) is 5.75 Å². The van der Waals surface area contributed by atoms with Crippen LogP contribution in [0.3, 0.4) is 0 Å². The minimum atomic E-state index is -0.402. The first-order valence-corrected chi connectivity index (χ1v) is 15.3. The van der Waals surface area contributed by atoms with Gasteiger partial charge in [0.15, 0.2) is 34.5 Å². The van der Waals surface area contributed by atoms with E-state index in [1.54, 1.807) is 21.3 Å². The summed E-state index contributed by atoms with van der Waals surface area (Å²) in [6.45, 7) is 1.40. The largest absolute Gasteiger partial charge is 0.633 e. The molecule has 5 aliphatic rings. The van der Waals surface area contributed by atoms with Gasteiger partial charge in [0.05, 0.1) is 33.4 Å². The van der Waals surface area contributed by atoms with Crippen LogP contribution in [0.4, 0.5) is 0 Å². The van der Waals surface area contributed by atoms with Gasteiger partial charge in [-0.2, -0.15) is 0 Å². The third-order valence-corrected chi connectivity index (χ3v) is 9.86. The lowest BCUT2D eigenvalue weighted by Crippen LogP contribution is -2.47. The van der Waals surface area contributed by atoms with Gasteiger partial charge in [-0.3, -0.25) is 4.90 Å². The van der Waals surface area contributed by atoms with Crippen molar-refractivity contribution in [1.82, 2.24) is 4.90 Å². The number of fused-ring (bicyclic) bond motifs is 2. The monoisotopic (exact) mass is 592 g/mol. The number of quaternary nitrogens is 1. The molecule has 1 unspecified atom stereocenters. The zero-order valence-corrected chi connectivity index (χ0v) is 25.5. The highest BCUT2D eigenvalue weighted by atomic mass is 16.6. The van der Waals surface area contributed by atoms with E-state index >= 15 is 0 Å². The van der Waals surface area contributed by atoms with E-state index in [0.29, 0.717) is 65.4 Å². The smallest absolute Gasteiger partial charge is 0.212 e. The molecule has 9 rings (SSSR count). The van der Waals surface area contributed by atoms with Crippen molar-refractivity contribution in [2.24, 2.45) is 0 Å². The zero-order chi connectivity index (χ0) is 30.2. The van der Waals surface area contributed by atoms with Crippen LogP contribution in [-0.2, 0) is 25.7 Å². The minimum Gasteiger partial charge on any atom is -0.633 e. The Hall–Kier alpha value is -4.24. The molecule has 0 spiro atoms. The molecular formula is C36H36N2O6. The maximum Gasteiger partial charge on any atom is 0.212 e. The van der Waals surface area contributed by atoms with Gasteiger partial charge in [-0.25, -0.2) is 0 Å². The number of hydrogen-bond acceptors (Lipinski definition) is 7. The van der Waals surface area contributed by atoms with E-state index in [1.807, 2.05) is 36.4 Å². The standard InChI is InChI=1S/C36H36N2O6/c1-37-13-11-23-18-31-32-20-26(23)27(37)15-22-7-10-29(40-3)30(17-22)42-25-8-5-21(6-9-25)16-28-34-24(12-14-38(28,2)39)19-33(41-4)35(43-31)36(34)44-32/h5-10,17-20,27-28H,11-16H2,1-4H3/t27-,28-,38?/m0/s1. The van der Waals surface area contributed by atoms with Gasteiger partial charge in [0.1, 0.15) is 11.8 Å². The molecule has 0 aliphatic carbocycles. The Balaban J connectivity index is 1.34. The van der Waals surface area contributed by atoms with Gasteiger partial charge < -0.3 is 33.5 Å². The summed E-state index contributed by atoms with van der Waals surface area (Å²) < 4.78 is 30.9. The Bertz CT molecular complexity index is 1780. The SMILES string of the molecule is COc1ccc2cc1Oc1ccc(cc1)C[C@H]1c3c(cc(OC)c4c3Oc3cc5c(cc3O4)CCN(C)[C@H]5C2)CC[N+]1(C)[O-]. The maximum absolute atomic E-state index is 14.1. The Morgan fingerprint density at radius 1 is 0.773 bits per heavy atom. The van der Waals surface area contributed by atoms with Crippen molar-refractivity contribution in [1.29, 1.82) is 0 Å². The molecule has 44 heavy (non-hydrogen) atoms. The molecular weight excluding hydrogens is 556 g/mol. The van der Waals surface area contributed by atoms with Crippen molar-refractivity contribution in [3.05, 3.63) is 99.3 Å². The molecule has 0 N–H and O–H groups in total. The number of methoxy groups -OCH3 is 2. The number of hydroxylamine groups is 3. The normalized spacial score (nSPS) is 23.1. The van der Waals surface area contributed by atoms with Crippen LogP contribution in [0.15, 0.2) is 60.7 Å². The molecule has 0 saturated carbocycles. The number of likely N-dealkylation sites (N-methyl/N-ethyl adjacent to an activating group) is 2. The van der Waals surface area contributed by atoms with Crippen LogP contribution in [0.5, 0.6) is 46.0 Å². The van der Waals surface area contributed by atoms with Gasteiger partial charge in [-0.15, -0.1) is 0 Å². The third-order valence-electron chi connectivity index (χ3n) is 9.86. The van der Waals surface area contributed by atoms with Crippen molar-refractivity contribution < 1.29 is 28.3 Å². The molecule has 5 aliphatic heterocycles. The maximum atomic E-state index is 14.1. The summed E-state index contributed by atoms with van der Waals surface area (Å²) in [7, 11) is 7.25. The van der Waals surface area contributed by atoms with Crippen LogP contribution in [-0.4, -0.2) is 51.0 Å². The Labute approximate surface area is 257 Å². The Morgan fingerprint density at radius 2 is 1.52 bits per heavy atom. The highest BCUT2D eigenvalue weighted by Gasteiger charge is 2.41. The second-order valence-corrected chi connectivity index (χ2v) is 12.6. The van der Waals surface area contributed by atoms with E-state index in [0.717, 1.165) is 41.6 Å². The lowest BCUT2D eigenvalue weighted by molar-refractivity contribution is -0.894. The fraction of sp³-hybridized carbons (Fsp3) is 0.333. The van der Waals surface area contributed by atoms with E-state index < -0.39 is 4.65 Å². The van der Waals surface area contributed by atoms with E-state index in [9.17, 15) is 5.21 Å². The van der Waals surface area contributed by atoms with Crippen LogP contribution in [0.2, 0.25) is 0 Å². The zero-order valence-electron chi connectivity index (χ0n) is 25.5. The van der Waals surface area contributed by atoms with Gasteiger partial charge in [0, 0.05) is 25.4 Å². The molecule has 3 atom stereocenters. The fourth-order valence-electron chi connectivity index (χ4n) is 7.34. The van der Waals surface area contributed by atoms with Crippen LogP contribution in [0.1, 0.15) is 45.5 Å². The first-order valence-electron chi connectivity index (χ1n) is 15.3. The molecule has 226 valence electrons. The molecule has 8 heteroatoms. The molecule has 0 fully saturated rings. The predicted octanol–water partition coefficient (Wildman–Crippen LogP) is 7.26. The van der Waals surface area contributed by atoms with Gasteiger partial charge in [-0.05, 0) is 90.2 Å². The summed E-state index contributed by atoms with van der Waals surface area (Å²) in [6.07, 6.45) is 2.87. The molecule has 4 aromatic carbocycles. The minimum absolute atomic E-state index is 0.127. The summed E-state index contributed by atoms with van der Waals surface area (Å²) in [5, 5.41) is 14.1. The van der Waals surface area contributed by atoms with E-state index in [-0.39, 0.29) is 12.1 Å². The van der Waals surface area contributed by atoms with Crippen LogP contribution in [0.25, 0.3) is 0 Å². The summed E-state index contributed by atoms with van der Waals surface area (Å²) in [6, 6.07) is 20.2. The number of ether oxygens (including phenoxy) is 5. The van der Waals surface area contributed by atoms with Crippen molar-refractivity contribution >= 4 is 0 Å². The number of rotatable bonds is 2. The molecule has 0 radical (unpaired) electrons. The highest BCUT2D eigenvalue weighted by Crippen LogP contribution is 2.57. The summed E-state index contributed by atoms with van der Waals surface area (Å²) >= 11 is 0. The van der Waals surface area contributed by atoms with Crippen LogP contribution < -0.4 is 23.7 Å². The summed E-state index contributed by atoms with van der Waals surface area (Å²) in [5.41, 5.74) is 6.63. The number of hydrogen-bond donors (Lipinski definition) is 0. The van der Waals surface area contributed by atoms with Crippen molar-refractivity contribution in [2.75, 3.05) is 41.4 Å².